The minimum atomic E-state index is -0.353. The van der Waals surface area contributed by atoms with Crippen molar-refractivity contribution >= 4 is 0 Å². The van der Waals surface area contributed by atoms with Crippen LogP contribution < -0.4 is 0 Å². The van der Waals surface area contributed by atoms with Crippen LogP contribution in [0.25, 0.3) is 0 Å². The van der Waals surface area contributed by atoms with Crippen LogP contribution in [0.4, 0.5) is 0 Å². The summed E-state index contributed by atoms with van der Waals surface area (Å²) in [5.41, 5.74) is 0.816. The largest absolute Gasteiger partial charge is 0.373 e. The summed E-state index contributed by atoms with van der Waals surface area (Å²) < 4.78 is 24.3. The Labute approximate surface area is 135 Å². The van der Waals surface area contributed by atoms with Gasteiger partial charge >= 0.3 is 0 Å². The zero-order chi connectivity index (χ0) is 15.4. The Morgan fingerprint density at radius 2 is 2.04 bits per heavy atom. The third-order valence-electron chi connectivity index (χ3n) is 5.65. The third-order valence-corrected chi connectivity index (χ3v) is 5.65. The van der Waals surface area contributed by atoms with E-state index in [9.17, 15) is 0 Å². The summed E-state index contributed by atoms with van der Waals surface area (Å²) in [7, 11) is 1.98. The molecule has 1 aromatic rings. The van der Waals surface area contributed by atoms with Crippen LogP contribution in [-0.4, -0.2) is 62.1 Å². The predicted octanol–water partition coefficient (Wildman–Crippen LogP) is 0.958. The van der Waals surface area contributed by atoms with Crippen LogP contribution in [-0.2, 0) is 30.4 Å². The average molecular weight is 319 g/mol. The molecule has 6 atom stereocenters. The molecule has 2 bridgehead atoms. The molecule has 4 aliphatic rings. The second-order valence-corrected chi connectivity index (χ2v) is 6.72. The van der Waals surface area contributed by atoms with Gasteiger partial charge in [-0.2, -0.15) is 5.06 Å². The second kappa shape index (κ2) is 5.24. The van der Waals surface area contributed by atoms with Gasteiger partial charge in [-0.3, -0.25) is 4.84 Å². The highest BCUT2D eigenvalue weighted by molar-refractivity contribution is 5.19. The molecule has 4 aliphatic heterocycles. The van der Waals surface area contributed by atoms with Crippen LogP contribution in [0.15, 0.2) is 30.3 Å². The minimum absolute atomic E-state index is 0.0364. The molecule has 0 radical (unpaired) electrons. The number of benzene rings is 1. The molecule has 0 N–H and O–H groups in total. The van der Waals surface area contributed by atoms with Gasteiger partial charge in [-0.25, -0.2) is 0 Å². The summed E-state index contributed by atoms with van der Waals surface area (Å²) in [5.74, 6) is 0.286. The van der Waals surface area contributed by atoms with Gasteiger partial charge in [0.25, 0.3) is 0 Å². The smallest absolute Gasteiger partial charge is 0.186 e. The molecule has 4 fully saturated rings. The van der Waals surface area contributed by atoms with E-state index < -0.39 is 0 Å². The molecule has 124 valence electrons. The SMILES string of the molecule is CN1OC[C@@H]2CO[C@H]3[C@H]4CO[C@H](O4)[C@@H](OCc4ccccc4)[C@@]231. The Morgan fingerprint density at radius 1 is 1.17 bits per heavy atom. The van der Waals surface area contributed by atoms with E-state index in [1.54, 1.807) is 0 Å². The van der Waals surface area contributed by atoms with E-state index in [2.05, 4.69) is 12.1 Å². The summed E-state index contributed by atoms with van der Waals surface area (Å²) in [6.07, 6.45) is -0.690. The van der Waals surface area contributed by atoms with E-state index in [1.807, 2.05) is 30.3 Å². The van der Waals surface area contributed by atoms with Gasteiger partial charge in [-0.05, 0) is 5.56 Å². The van der Waals surface area contributed by atoms with Gasteiger partial charge in [0.2, 0.25) is 0 Å². The molecule has 6 nitrogen and oxygen atoms in total. The molecular formula is C17H21NO5. The summed E-state index contributed by atoms with van der Waals surface area (Å²) in [6, 6.07) is 10.2. The Hall–Kier alpha value is -1.02. The van der Waals surface area contributed by atoms with Gasteiger partial charge in [0.1, 0.15) is 23.9 Å². The Morgan fingerprint density at radius 3 is 2.91 bits per heavy atom. The fourth-order valence-electron chi connectivity index (χ4n) is 4.58. The molecule has 0 unspecified atom stereocenters. The van der Waals surface area contributed by atoms with Crippen molar-refractivity contribution < 1.29 is 23.8 Å². The lowest BCUT2D eigenvalue weighted by molar-refractivity contribution is -0.288. The van der Waals surface area contributed by atoms with Crippen LogP contribution in [0.3, 0.4) is 0 Å². The first-order chi connectivity index (χ1) is 11.3. The van der Waals surface area contributed by atoms with E-state index in [-0.39, 0.29) is 36.1 Å². The molecule has 5 rings (SSSR count). The monoisotopic (exact) mass is 319 g/mol. The lowest BCUT2D eigenvalue weighted by Gasteiger charge is -2.48. The molecule has 0 aliphatic carbocycles. The number of hydrogen-bond acceptors (Lipinski definition) is 6. The van der Waals surface area contributed by atoms with Crippen molar-refractivity contribution in [2.75, 3.05) is 26.9 Å². The molecule has 1 spiro atoms. The van der Waals surface area contributed by atoms with Crippen LogP contribution in [0.1, 0.15) is 5.56 Å². The number of nitrogens with zero attached hydrogens (tertiary/aromatic N) is 1. The summed E-state index contributed by atoms with van der Waals surface area (Å²) >= 11 is 0. The van der Waals surface area contributed by atoms with E-state index >= 15 is 0 Å². The first kappa shape index (κ1) is 14.3. The van der Waals surface area contributed by atoms with Crippen LogP contribution in [0.5, 0.6) is 0 Å². The van der Waals surface area contributed by atoms with E-state index in [0.29, 0.717) is 26.4 Å². The number of rotatable bonds is 3. The van der Waals surface area contributed by atoms with Crippen molar-refractivity contribution in [1.82, 2.24) is 5.06 Å². The van der Waals surface area contributed by atoms with Crippen molar-refractivity contribution in [3.63, 3.8) is 0 Å². The topological polar surface area (TPSA) is 49.4 Å². The van der Waals surface area contributed by atoms with Crippen molar-refractivity contribution in [1.29, 1.82) is 0 Å². The maximum absolute atomic E-state index is 6.34. The van der Waals surface area contributed by atoms with E-state index in [4.69, 9.17) is 23.8 Å². The average Bonchev–Trinajstić information content (AvgIpc) is 3.24. The Bertz CT molecular complexity index is 584. The van der Waals surface area contributed by atoms with Gasteiger partial charge in [-0.15, -0.1) is 0 Å². The molecule has 6 heteroatoms. The maximum atomic E-state index is 6.34. The normalized spacial score (nSPS) is 45.2. The lowest BCUT2D eigenvalue weighted by atomic mass is 9.75. The number of hydroxylamine groups is 2. The predicted molar refractivity (Wildman–Crippen MR) is 79.3 cm³/mol. The summed E-state index contributed by atoms with van der Waals surface area (Å²) in [5, 5.41) is 1.95. The highest BCUT2D eigenvalue weighted by Crippen LogP contribution is 2.52. The van der Waals surface area contributed by atoms with Crippen LogP contribution in [0.2, 0.25) is 0 Å². The van der Waals surface area contributed by atoms with Crippen molar-refractivity contribution in [2.45, 2.75) is 36.7 Å². The fraction of sp³-hybridized carbons (Fsp3) is 0.647. The van der Waals surface area contributed by atoms with Gasteiger partial charge in [0, 0.05) is 13.0 Å². The Kier molecular flexibility index (Phi) is 3.27. The van der Waals surface area contributed by atoms with Gasteiger partial charge in [0.05, 0.1) is 26.4 Å². The molecule has 0 saturated carbocycles. The molecule has 4 heterocycles. The van der Waals surface area contributed by atoms with E-state index in [1.165, 1.54) is 0 Å². The Balaban J connectivity index is 1.47. The zero-order valence-electron chi connectivity index (χ0n) is 13.1. The van der Waals surface area contributed by atoms with E-state index in [0.717, 1.165) is 5.56 Å². The van der Waals surface area contributed by atoms with Gasteiger partial charge in [-0.1, -0.05) is 30.3 Å². The van der Waals surface area contributed by atoms with Gasteiger partial charge in [0.15, 0.2) is 6.29 Å². The quantitative estimate of drug-likeness (QED) is 0.827. The highest BCUT2D eigenvalue weighted by Gasteiger charge is 2.71. The molecule has 4 saturated heterocycles. The maximum Gasteiger partial charge on any atom is 0.186 e. The molecule has 1 aromatic carbocycles. The van der Waals surface area contributed by atoms with Crippen LogP contribution >= 0.6 is 0 Å². The van der Waals surface area contributed by atoms with Crippen LogP contribution in [0, 0.1) is 5.92 Å². The molecular weight excluding hydrogens is 298 g/mol. The first-order valence-electron chi connectivity index (χ1n) is 8.21. The third kappa shape index (κ3) is 1.91. The fourth-order valence-corrected chi connectivity index (χ4v) is 4.58. The van der Waals surface area contributed by atoms with Crippen molar-refractivity contribution in [3.05, 3.63) is 35.9 Å². The molecule has 0 aromatic heterocycles. The minimum Gasteiger partial charge on any atom is -0.373 e. The summed E-state index contributed by atoms with van der Waals surface area (Å²) in [6.45, 7) is 2.43. The molecule has 23 heavy (non-hydrogen) atoms. The number of likely N-dealkylation sites (N-methyl/N-ethyl adjacent to an activating group) is 1. The number of ether oxygens (including phenoxy) is 4. The zero-order valence-corrected chi connectivity index (χ0v) is 13.1. The van der Waals surface area contributed by atoms with Crippen molar-refractivity contribution in [3.8, 4) is 0 Å². The highest BCUT2D eigenvalue weighted by atomic mass is 16.8. The number of hydrogen-bond donors (Lipinski definition) is 0. The lowest BCUT2D eigenvalue weighted by Crippen LogP contribution is -2.69. The van der Waals surface area contributed by atoms with Crippen molar-refractivity contribution in [2.24, 2.45) is 5.92 Å². The second-order valence-electron chi connectivity index (χ2n) is 6.72. The molecule has 0 amide bonds. The first-order valence-corrected chi connectivity index (χ1v) is 8.21. The summed E-state index contributed by atoms with van der Waals surface area (Å²) in [4.78, 5) is 5.85. The standard InChI is InChI=1S/C17H21NO5/c1-18-17-12(9-22-18)8-20-14(17)13-10-21-16(23-13)15(17)19-7-11-5-3-2-4-6-11/h2-6,12-16H,7-10H2,1H3/t12-,13+,14-,15+,16+,17+/m0/s1. The van der Waals surface area contributed by atoms with Gasteiger partial charge < -0.3 is 18.9 Å². The number of fused-ring (bicyclic) bond motifs is 3.